The van der Waals surface area contributed by atoms with Crippen LogP contribution in [0.2, 0.25) is 0 Å². The van der Waals surface area contributed by atoms with E-state index in [4.69, 9.17) is 4.74 Å². The van der Waals surface area contributed by atoms with Crippen molar-refractivity contribution in [2.75, 3.05) is 18.2 Å². The SMILES string of the molecule is CCc1ccc(NC(=O)CSc2nnc(-c3cn(C)nc3OC)n2CC)cc1. The maximum Gasteiger partial charge on any atom is 0.243 e. The zero-order valence-corrected chi connectivity index (χ0v) is 17.3. The summed E-state index contributed by atoms with van der Waals surface area (Å²) in [4.78, 5) is 12.3. The Balaban J connectivity index is 1.69. The third-order valence-electron chi connectivity index (χ3n) is 4.24. The first kappa shape index (κ1) is 19.9. The summed E-state index contributed by atoms with van der Waals surface area (Å²) in [6.45, 7) is 4.78. The summed E-state index contributed by atoms with van der Waals surface area (Å²) in [6.07, 6.45) is 2.82. The molecule has 0 saturated heterocycles. The molecular formula is C19H24N6O2S. The first-order valence-electron chi connectivity index (χ1n) is 9.08. The highest BCUT2D eigenvalue weighted by Gasteiger charge is 2.20. The van der Waals surface area contributed by atoms with Gasteiger partial charge in [-0.3, -0.25) is 9.48 Å². The first-order chi connectivity index (χ1) is 13.5. The molecular weight excluding hydrogens is 376 g/mol. The van der Waals surface area contributed by atoms with Crippen molar-refractivity contribution < 1.29 is 9.53 Å². The van der Waals surface area contributed by atoms with Gasteiger partial charge in [0.25, 0.3) is 0 Å². The lowest BCUT2D eigenvalue weighted by molar-refractivity contribution is -0.113. The number of aryl methyl sites for hydroxylation is 2. The number of thioether (sulfide) groups is 1. The molecule has 2 heterocycles. The summed E-state index contributed by atoms with van der Waals surface area (Å²) in [5.41, 5.74) is 2.80. The standard InChI is InChI=1S/C19H24N6O2S/c1-5-13-7-9-14(10-8-13)20-16(26)12-28-19-22-21-17(25(19)6-2)15-11-24(3)23-18(15)27-4/h7-11H,5-6,12H2,1-4H3,(H,20,26). The minimum absolute atomic E-state index is 0.0830. The molecule has 0 aliphatic rings. The highest BCUT2D eigenvalue weighted by atomic mass is 32.2. The van der Waals surface area contributed by atoms with Gasteiger partial charge in [-0.15, -0.1) is 15.3 Å². The van der Waals surface area contributed by atoms with Gasteiger partial charge in [0.15, 0.2) is 11.0 Å². The van der Waals surface area contributed by atoms with Crippen molar-refractivity contribution in [1.29, 1.82) is 0 Å². The van der Waals surface area contributed by atoms with Crippen LogP contribution in [0.15, 0.2) is 35.6 Å². The van der Waals surface area contributed by atoms with Crippen molar-refractivity contribution >= 4 is 23.4 Å². The second-order valence-corrected chi connectivity index (χ2v) is 7.11. The van der Waals surface area contributed by atoms with Crippen LogP contribution in [0.25, 0.3) is 11.4 Å². The molecule has 1 amide bonds. The fraction of sp³-hybridized carbons (Fsp3) is 0.368. The predicted molar refractivity (Wildman–Crippen MR) is 110 cm³/mol. The first-order valence-corrected chi connectivity index (χ1v) is 10.1. The molecule has 2 aromatic heterocycles. The van der Waals surface area contributed by atoms with Crippen molar-refractivity contribution in [2.24, 2.45) is 7.05 Å². The van der Waals surface area contributed by atoms with Gasteiger partial charge in [-0.05, 0) is 31.0 Å². The Morgan fingerprint density at radius 2 is 1.96 bits per heavy atom. The molecule has 0 fully saturated rings. The Morgan fingerprint density at radius 1 is 1.21 bits per heavy atom. The average Bonchev–Trinajstić information content (AvgIpc) is 3.29. The van der Waals surface area contributed by atoms with Crippen LogP contribution in [-0.4, -0.2) is 43.3 Å². The molecule has 0 aliphatic heterocycles. The van der Waals surface area contributed by atoms with Gasteiger partial charge in [0.1, 0.15) is 5.56 Å². The van der Waals surface area contributed by atoms with Gasteiger partial charge < -0.3 is 14.6 Å². The van der Waals surface area contributed by atoms with E-state index in [1.807, 2.05) is 49.0 Å². The number of hydrogen-bond donors (Lipinski definition) is 1. The average molecular weight is 401 g/mol. The molecule has 0 bridgehead atoms. The molecule has 148 valence electrons. The van der Waals surface area contributed by atoms with Crippen molar-refractivity contribution in [3.63, 3.8) is 0 Å². The number of rotatable bonds is 8. The quantitative estimate of drug-likeness (QED) is 0.585. The number of carbonyl (C=O) groups is 1. The Labute approximate surface area is 168 Å². The normalized spacial score (nSPS) is 10.9. The Hall–Kier alpha value is -2.81. The number of amides is 1. The van der Waals surface area contributed by atoms with Crippen molar-refractivity contribution in [1.82, 2.24) is 24.5 Å². The molecule has 1 aromatic carbocycles. The van der Waals surface area contributed by atoms with E-state index >= 15 is 0 Å². The lowest BCUT2D eigenvalue weighted by Gasteiger charge is -2.08. The summed E-state index contributed by atoms with van der Waals surface area (Å²) in [7, 11) is 3.40. The fourth-order valence-corrected chi connectivity index (χ4v) is 3.61. The van der Waals surface area contributed by atoms with Gasteiger partial charge in [0.05, 0.1) is 12.9 Å². The topological polar surface area (TPSA) is 86.9 Å². The van der Waals surface area contributed by atoms with Crippen LogP contribution in [0.5, 0.6) is 5.88 Å². The molecule has 0 radical (unpaired) electrons. The number of methoxy groups -OCH3 is 1. The summed E-state index contributed by atoms with van der Waals surface area (Å²) in [5, 5.41) is 16.4. The van der Waals surface area contributed by atoms with Gasteiger partial charge in [-0.1, -0.05) is 30.8 Å². The van der Waals surface area contributed by atoms with Crippen LogP contribution in [0.3, 0.4) is 0 Å². The molecule has 0 unspecified atom stereocenters. The summed E-state index contributed by atoms with van der Waals surface area (Å²) < 4.78 is 8.95. The van der Waals surface area contributed by atoms with Crippen LogP contribution in [0, 0.1) is 0 Å². The van der Waals surface area contributed by atoms with Crippen LogP contribution in [-0.2, 0) is 24.8 Å². The zero-order valence-electron chi connectivity index (χ0n) is 16.5. The number of carbonyl (C=O) groups excluding carboxylic acids is 1. The number of nitrogens with zero attached hydrogens (tertiary/aromatic N) is 5. The summed E-state index contributed by atoms with van der Waals surface area (Å²) in [6, 6.07) is 7.87. The molecule has 9 heteroatoms. The lowest BCUT2D eigenvalue weighted by Crippen LogP contribution is -2.14. The minimum atomic E-state index is -0.0830. The minimum Gasteiger partial charge on any atom is -0.479 e. The third-order valence-corrected chi connectivity index (χ3v) is 5.21. The molecule has 0 spiro atoms. The number of nitrogens with one attached hydrogen (secondary N) is 1. The summed E-state index contributed by atoms with van der Waals surface area (Å²) in [5.74, 6) is 1.33. The molecule has 1 N–H and O–H groups in total. The maximum absolute atomic E-state index is 12.3. The fourth-order valence-electron chi connectivity index (χ4n) is 2.80. The lowest BCUT2D eigenvalue weighted by atomic mass is 10.1. The van der Waals surface area contributed by atoms with E-state index in [1.54, 1.807) is 11.8 Å². The maximum atomic E-state index is 12.3. The van der Waals surface area contributed by atoms with Gasteiger partial charge in [-0.2, -0.15) is 0 Å². The predicted octanol–water partition coefficient (Wildman–Crippen LogP) is 3.00. The highest BCUT2D eigenvalue weighted by molar-refractivity contribution is 7.99. The number of hydrogen-bond acceptors (Lipinski definition) is 6. The van der Waals surface area contributed by atoms with Crippen molar-refractivity contribution in [3.05, 3.63) is 36.0 Å². The molecule has 0 atom stereocenters. The number of ether oxygens (including phenoxy) is 1. The number of anilines is 1. The van der Waals surface area contributed by atoms with Gasteiger partial charge >= 0.3 is 0 Å². The largest absolute Gasteiger partial charge is 0.479 e. The van der Waals surface area contributed by atoms with Crippen molar-refractivity contribution in [2.45, 2.75) is 32.0 Å². The third kappa shape index (κ3) is 4.36. The number of aromatic nitrogens is 5. The van der Waals surface area contributed by atoms with Crippen LogP contribution >= 0.6 is 11.8 Å². The van der Waals surface area contributed by atoms with E-state index in [1.165, 1.54) is 17.3 Å². The molecule has 3 rings (SSSR count). The Bertz CT molecular complexity index is 948. The number of benzene rings is 1. The molecule has 28 heavy (non-hydrogen) atoms. The Kier molecular flexibility index (Phi) is 6.35. The molecule has 0 aliphatic carbocycles. The van der Waals surface area contributed by atoms with Crippen LogP contribution in [0.1, 0.15) is 19.4 Å². The van der Waals surface area contributed by atoms with E-state index in [0.717, 1.165) is 17.7 Å². The van der Waals surface area contributed by atoms with Gasteiger partial charge in [0.2, 0.25) is 11.8 Å². The van der Waals surface area contributed by atoms with Gasteiger partial charge in [-0.25, -0.2) is 0 Å². The van der Waals surface area contributed by atoms with Crippen LogP contribution < -0.4 is 10.1 Å². The van der Waals surface area contributed by atoms with E-state index in [2.05, 4.69) is 27.5 Å². The van der Waals surface area contributed by atoms with E-state index in [0.29, 0.717) is 23.4 Å². The summed E-state index contributed by atoms with van der Waals surface area (Å²) >= 11 is 1.35. The monoisotopic (exact) mass is 400 g/mol. The van der Waals surface area contributed by atoms with Crippen LogP contribution in [0.4, 0.5) is 5.69 Å². The second kappa shape index (κ2) is 8.92. The molecule has 3 aromatic rings. The van der Waals surface area contributed by atoms with E-state index < -0.39 is 0 Å². The van der Waals surface area contributed by atoms with Gasteiger partial charge in [0, 0.05) is 25.5 Å². The highest BCUT2D eigenvalue weighted by Crippen LogP contribution is 2.29. The second-order valence-electron chi connectivity index (χ2n) is 6.16. The van der Waals surface area contributed by atoms with E-state index in [9.17, 15) is 4.79 Å². The smallest absolute Gasteiger partial charge is 0.243 e. The zero-order chi connectivity index (χ0) is 20.1. The van der Waals surface area contributed by atoms with Crippen molar-refractivity contribution in [3.8, 4) is 17.3 Å². The molecule has 8 nitrogen and oxygen atoms in total. The Morgan fingerprint density at radius 3 is 2.61 bits per heavy atom. The van der Waals surface area contributed by atoms with E-state index in [-0.39, 0.29) is 11.7 Å². The molecule has 0 saturated carbocycles.